The van der Waals surface area contributed by atoms with Crippen molar-refractivity contribution in [2.75, 3.05) is 23.8 Å². The summed E-state index contributed by atoms with van der Waals surface area (Å²) in [7, 11) is 1.99. The van der Waals surface area contributed by atoms with Crippen LogP contribution >= 0.6 is 0 Å². The highest BCUT2D eigenvalue weighted by Crippen LogP contribution is 2.17. The fraction of sp³-hybridized carbons (Fsp3) is 0.312. The average molecular weight is 273 g/mol. The molecular formula is C16H20FN3. The van der Waals surface area contributed by atoms with E-state index in [-0.39, 0.29) is 5.82 Å². The van der Waals surface area contributed by atoms with E-state index < -0.39 is 0 Å². The summed E-state index contributed by atoms with van der Waals surface area (Å²) < 4.78 is 12.9. The summed E-state index contributed by atoms with van der Waals surface area (Å²) in [5, 5.41) is 3.28. The molecule has 1 heterocycles. The maximum absolute atomic E-state index is 12.9. The van der Waals surface area contributed by atoms with Crippen molar-refractivity contribution < 1.29 is 4.39 Å². The summed E-state index contributed by atoms with van der Waals surface area (Å²) in [5.41, 5.74) is 2.16. The summed E-state index contributed by atoms with van der Waals surface area (Å²) in [4.78, 5) is 6.37. The Morgan fingerprint density at radius 1 is 1.20 bits per heavy atom. The number of nitrogens with one attached hydrogen (secondary N) is 1. The largest absolute Gasteiger partial charge is 0.370 e. The molecule has 0 saturated carbocycles. The Morgan fingerprint density at radius 3 is 2.65 bits per heavy atom. The zero-order chi connectivity index (χ0) is 14.4. The number of halogens is 1. The zero-order valence-corrected chi connectivity index (χ0v) is 11.9. The second-order valence-electron chi connectivity index (χ2n) is 4.81. The zero-order valence-electron chi connectivity index (χ0n) is 11.9. The number of pyridine rings is 1. The van der Waals surface area contributed by atoms with Gasteiger partial charge >= 0.3 is 0 Å². The molecule has 1 aromatic heterocycles. The van der Waals surface area contributed by atoms with Gasteiger partial charge in [-0.2, -0.15) is 0 Å². The fourth-order valence-electron chi connectivity index (χ4n) is 1.98. The summed E-state index contributed by atoms with van der Waals surface area (Å²) >= 11 is 0. The van der Waals surface area contributed by atoms with Crippen LogP contribution in [-0.2, 0) is 6.54 Å². The van der Waals surface area contributed by atoms with Gasteiger partial charge in [0.25, 0.3) is 0 Å². The maximum atomic E-state index is 12.9. The Bertz CT molecular complexity index is 540. The van der Waals surface area contributed by atoms with E-state index in [2.05, 4.69) is 28.2 Å². The fourth-order valence-corrected chi connectivity index (χ4v) is 1.98. The molecule has 0 spiro atoms. The first-order valence-corrected chi connectivity index (χ1v) is 6.84. The van der Waals surface area contributed by atoms with Gasteiger partial charge in [0.15, 0.2) is 0 Å². The molecule has 3 nitrogen and oxygen atoms in total. The number of aromatic nitrogens is 1. The second-order valence-corrected chi connectivity index (χ2v) is 4.81. The standard InChI is InChI=1S/C16H20FN3/c1-3-9-18-16-11-13(8-10-19-16)12-20(2)15-6-4-14(17)5-7-15/h4-8,10-11H,3,9,12H2,1-2H3,(H,18,19). The first-order valence-electron chi connectivity index (χ1n) is 6.84. The molecule has 0 fully saturated rings. The van der Waals surface area contributed by atoms with Gasteiger partial charge in [0.2, 0.25) is 0 Å². The predicted molar refractivity (Wildman–Crippen MR) is 81.5 cm³/mol. The third kappa shape index (κ3) is 3.95. The molecule has 0 aliphatic heterocycles. The molecule has 0 bridgehead atoms. The van der Waals surface area contributed by atoms with Crippen LogP contribution in [-0.4, -0.2) is 18.6 Å². The van der Waals surface area contributed by atoms with Crippen LogP contribution in [0.5, 0.6) is 0 Å². The van der Waals surface area contributed by atoms with Crippen molar-refractivity contribution in [1.82, 2.24) is 4.98 Å². The second kappa shape index (κ2) is 6.89. The van der Waals surface area contributed by atoms with Crippen molar-refractivity contribution in [2.45, 2.75) is 19.9 Å². The third-order valence-electron chi connectivity index (χ3n) is 3.07. The van der Waals surface area contributed by atoms with Crippen molar-refractivity contribution in [3.8, 4) is 0 Å². The average Bonchev–Trinajstić information content (AvgIpc) is 2.46. The Balaban J connectivity index is 2.03. The van der Waals surface area contributed by atoms with Crippen LogP contribution in [0.15, 0.2) is 42.6 Å². The van der Waals surface area contributed by atoms with Gasteiger partial charge in [-0.1, -0.05) is 6.92 Å². The Morgan fingerprint density at radius 2 is 1.95 bits per heavy atom. The quantitative estimate of drug-likeness (QED) is 0.870. The molecule has 0 saturated heterocycles. The maximum Gasteiger partial charge on any atom is 0.126 e. The van der Waals surface area contributed by atoms with E-state index in [1.807, 2.05) is 19.3 Å². The van der Waals surface area contributed by atoms with E-state index in [1.165, 1.54) is 17.7 Å². The number of anilines is 2. The van der Waals surface area contributed by atoms with Crippen molar-refractivity contribution >= 4 is 11.5 Å². The van der Waals surface area contributed by atoms with Gasteiger partial charge in [-0.05, 0) is 48.4 Å². The molecule has 0 radical (unpaired) electrons. The topological polar surface area (TPSA) is 28.2 Å². The third-order valence-corrected chi connectivity index (χ3v) is 3.07. The van der Waals surface area contributed by atoms with E-state index in [4.69, 9.17) is 0 Å². The lowest BCUT2D eigenvalue weighted by atomic mass is 10.2. The molecule has 106 valence electrons. The first kappa shape index (κ1) is 14.3. The van der Waals surface area contributed by atoms with Crippen molar-refractivity contribution in [1.29, 1.82) is 0 Å². The molecule has 0 atom stereocenters. The normalized spacial score (nSPS) is 10.3. The van der Waals surface area contributed by atoms with E-state index in [1.54, 1.807) is 12.1 Å². The van der Waals surface area contributed by atoms with E-state index >= 15 is 0 Å². The minimum absolute atomic E-state index is 0.211. The van der Waals surface area contributed by atoms with E-state index in [0.717, 1.165) is 31.0 Å². The monoisotopic (exact) mass is 273 g/mol. The summed E-state index contributed by atoms with van der Waals surface area (Å²) in [5.74, 6) is 0.689. The Labute approximate surface area is 119 Å². The highest BCUT2D eigenvalue weighted by Gasteiger charge is 2.03. The van der Waals surface area contributed by atoms with Crippen molar-refractivity contribution in [3.63, 3.8) is 0 Å². The number of hydrogen-bond acceptors (Lipinski definition) is 3. The SMILES string of the molecule is CCCNc1cc(CN(C)c2ccc(F)cc2)ccn1. The number of hydrogen-bond donors (Lipinski definition) is 1. The Kier molecular flexibility index (Phi) is 4.93. The minimum Gasteiger partial charge on any atom is -0.370 e. The van der Waals surface area contributed by atoms with Gasteiger partial charge in [-0.15, -0.1) is 0 Å². The number of benzene rings is 1. The van der Waals surface area contributed by atoms with Gasteiger partial charge in [-0.25, -0.2) is 9.37 Å². The summed E-state index contributed by atoms with van der Waals surface area (Å²) in [6, 6.07) is 10.6. The molecule has 1 N–H and O–H groups in total. The summed E-state index contributed by atoms with van der Waals surface area (Å²) in [6.45, 7) is 3.80. The molecule has 20 heavy (non-hydrogen) atoms. The van der Waals surface area contributed by atoms with Gasteiger partial charge in [-0.3, -0.25) is 0 Å². The van der Waals surface area contributed by atoms with Crippen LogP contribution in [0, 0.1) is 5.82 Å². The van der Waals surface area contributed by atoms with Crippen LogP contribution in [0.3, 0.4) is 0 Å². The smallest absolute Gasteiger partial charge is 0.126 e. The van der Waals surface area contributed by atoms with Crippen molar-refractivity contribution in [3.05, 3.63) is 54.0 Å². The summed E-state index contributed by atoms with van der Waals surface area (Å²) in [6.07, 6.45) is 2.88. The van der Waals surface area contributed by atoms with E-state index in [9.17, 15) is 4.39 Å². The molecule has 1 aromatic carbocycles. The molecule has 0 unspecified atom stereocenters. The molecule has 0 aliphatic carbocycles. The lowest BCUT2D eigenvalue weighted by Gasteiger charge is -2.19. The van der Waals surface area contributed by atoms with Gasteiger partial charge in [0.1, 0.15) is 11.6 Å². The highest BCUT2D eigenvalue weighted by atomic mass is 19.1. The van der Waals surface area contributed by atoms with Gasteiger partial charge in [0, 0.05) is 32.0 Å². The van der Waals surface area contributed by atoms with Crippen LogP contribution in [0.1, 0.15) is 18.9 Å². The van der Waals surface area contributed by atoms with Gasteiger partial charge < -0.3 is 10.2 Å². The van der Waals surface area contributed by atoms with Crippen molar-refractivity contribution in [2.24, 2.45) is 0 Å². The molecule has 2 rings (SSSR count). The number of rotatable bonds is 6. The van der Waals surface area contributed by atoms with Crippen LogP contribution < -0.4 is 10.2 Å². The minimum atomic E-state index is -0.211. The number of nitrogens with zero attached hydrogens (tertiary/aromatic N) is 2. The molecule has 0 aliphatic rings. The molecule has 4 heteroatoms. The van der Waals surface area contributed by atoms with Gasteiger partial charge in [0.05, 0.1) is 0 Å². The Hall–Kier alpha value is -2.10. The highest BCUT2D eigenvalue weighted by molar-refractivity contribution is 5.47. The van der Waals surface area contributed by atoms with Crippen LogP contribution in [0.2, 0.25) is 0 Å². The van der Waals surface area contributed by atoms with Crippen LogP contribution in [0.25, 0.3) is 0 Å². The lowest BCUT2D eigenvalue weighted by molar-refractivity contribution is 0.627. The molecule has 0 amide bonds. The van der Waals surface area contributed by atoms with Crippen LogP contribution in [0.4, 0.5) is 15.9 Å². The lowest BCUT2D eigenvalue weighted by Crippen LogP contribution is -2.16. The first-order chi connectivity index (χ1) is 9.69. The molecule has 2 aromatic rings. The van der Waals surface area contributed by atoms with E-state index in [0.29, 0.717) is 0 Å². The molecular weight excluding hydrogens is 253 g/mol. The predicted octanol–water partition coefficient (Wildman–Crippen LogP) is 3.68.